The predicted molar refractivity (Wildman–Crippen MR) is 93.0 cm³/mol. The van der Waals surface area contributed by atoms with Crippen molar-refractivity contribution in [3.05, 3.63) is 70.1 Å². The summed E-state index contributed by atoms with van der Waals surface area (Å²) in [4.78, 5) is 37.1. The van der Waals surface area contributed by atoms with Gasteiger partial charge >= 0.3 is 5.97 Å². The summed E-state index contributed by atoms with van der Waals surface area (Å²) in [5.41, 5.74) is 2.24. The second kappa shape index (κ2) is 6.33. The molecule has 0 atom stereocenters. The van der Waals surface area contributed by atoms with Crippen LogP contribution in [0, 0.1) is 6.92 Å². The lowest BCUT2D eigenvalue weighted by molar-refractivity contribution is -0.113. The molecule has 0 unspecified atom stereocenters. The first-order valence-corrected chi connectivity index (χ1v) is 7.96. The Bertz CT molecular complexity index is 871. The molecule has 24 heavy (non-hydrogen) atoms. The van der Waals surface area contributed by atoms with Crippen molar-refractivity contribution < 1.29 is 19.5 Å². The summed E-state index contributed by atoms with van der Waals surface area (Å²) in [6.45, 7) is 1.84. The highest BCUT2D eigenvalue weighted by atomic mass is 32.2. The van der Waals surface area contributed by atoms with Crippen molar-refractivity contribution in [3.63, 3.8) is 0 Å². The number of hydrogen-bond donors (Lipinski definition) is 1. The van der Waals surface area contributed by atoms with Gasteiger partial charge in [0, 0.05) is 0 Å². The molecule has 1 fully saturated rings. The molecule has 2 amide bonds. The fourth-order valence-corrected chi connectivity index (χ4v) is 3.20. The summed E-state index contributed by atoms with van der Waals surface area (Å²) in [5.74, 6) is -1.39. The first-order valence-electron chi connectivity index (χ1n) is 7.14. The predicted octanol–water partition coefficient (Wildman–Crippen LogP) is 3.93. The number of imide groups is 1. The Kier molecular flexibility index (Phi) is 4.22. The zero-order valence-electron chi connectivity index (χ0n) is 12.7. The molecule has 3 rings (SSSR count). The Morgan fingerprint density at radius 3 is 2.38 bits per heavy atom. The highest BCUT2D eigenvalue weighted by Gasteiger charge is 2.36. The normalized spacial score (nSPS) is 16.0. The number of hydrogen-bond acceptors (Lipinski definition) is 4. The Balaban J connectivity index is 1.91. The van der Waals surface area contributed by atoms with Gasteiger partial charge in [-0.15, -0.1) is 0 Å². The second-order valence-corrected chi connectivity index (χ2v) is 6.22. The third kappa shape index (κ3) is 2.96. The molecule has 2 aromatic carbocycles. The highest BCUT2D eigenvalue weighted by molar-refractivity contribution is 8.19. The summed E-state index contributed by atoms with van der Waals surface area (Å²) in [6.07, 6.45) is 1.59. The molecule has 0 bridgehead atoms. The minimum Gasteiger partial charge on any atom is -0.478 e. The van der Waals surface area contributed by atoms with Crippen LogP contribution in [0.5, 0.6) is 0 Å². The molecule has 0 spiro atoms. The number of nitrogens with zero attached hydrogens (tertiary/aromatic N) is 1. The number of benzene rings is 2. The van der Waals surface area contributed by atoms with Crippen molar-refractivity contribution >= 4 is 40.6 Å². The summed E-state index contributed by atoms with van der Waals surface area (Å²) < 4.78 is 0. The number of rotatable bonds is 3. The number of aromatic carboxylic acids is 1. The number of aryl methyl sites for hydroxylation is 1. The van der Waals surface area contributed by atoms with Gasteiger partial charge in [-0.05, 0) is 54.1 Å². The van der Waals surface area contributed by atoms with Crippen LogP contribution in [-0.2, 0) is 4.79 Å². The zero-order chi connectivity index (χ0) is 17.3. The lowest BCUT2D eigenvalue weighted by atomic mass is 10.1. The molecule has 120 valence electrons. The smallest absolute Gasteiger partial charge is 0.335 e. The molecule has 1 N–H and O–H groups in total. The van der Waals surface area contributed by atoms with Gasteiger partial charge in [-0.3, -0.25) is 9.59 Å². The van der Waals surface area contributed by atoms with Gasteiger partial charge in [-0.1, -0.05) is 30.3 Å². The van der Waals surface area contributed by atoms with Crippen LogP contribution in [0.2, 0.25) is 0 Å². The molecule has 0 saturated carbocycles. The number of amides is 2. The molecule has 1 saturated heterocycles. The third-order valence-electron chi connectivity index (χ3n) is 3.61. The number of carbonyl (C=O) groups excluding carboxylic acids is 2. The number of para-hydroxylation sites is 1. The van der Waals surface area contributed by atoms with Crippen molar-refractivity contribution in [2.45, 2.75) is 6.92 Å². The Hall–Kier alpha value is -2.86. The molecule has 1 heterocycles. The van der Waals surface area contributed by atoms with E-state index >= 15 is 0 Å². The second-order valence-electron chi connectivity index (χ2n) is 5.23. The molecule has 0 radical (unpaired) electrons. The standard InChI is InChI=1S/C18H13NO4S/c1-11-4-2-3-5-14(11)19-16(20)15(24-18(19)23)10-12-6-8-13(9-7-12)17(21)22/h2-10H,1H3,(H,21,22)/b15-10-. The molecule has 1 aliphatic heterocycles. The van der Waals surface area contributed by atoms with Crippen LogP contribution in [-0.4, -0.2) is 22.2 Å². The zero-order valence-corrected chi connectivity index (χ0v) is 13.5. The van der Waals surface area contributed by atoms with Gasteiger partial charge in [0.05, 0.1) is 16.2 Å². The van der Waals surface area contributed by atoms with Crippen LogP contribution < -0.4 is 4.90 Å². The quantitative estimate of drug-likeness (QED) is 0.858. The van der Waals surface area contributed by atoms with Gasteiger partial charge in [-0.2, -0.15) is 0 Å². The summed E-state index contributed by atoms with van der Waals surface area (Å²) in [6, 6.07) is 13.3. The Morgan fingerprint density at radius 2 is 1.75 bits per heavy atom. The molecular formula is C18H13NO4S. The third-order valence-corrected chi connectivity index (χ3v) is 4.48. The number of carboxylic acid groups (broad SMARTS) is 1. The van der Waals surface area contributed by atoms with E-state index in [2.05, 4.69) is 0 Å². The monoisotopic (exact) mass is 339 g/mol. The average molecular weight is 339 g/mol. The average Bonchev–Trinajstić information content (AvgIpc) is 2.83. The maximum Gasteiger partial charge on any atom is 0.335 e. The summed E-state index contributed by atoms with van der Waals surface area (Å²) in [7, 11) is 0. The topological polar surface area (TPSA) is 74.7 Å². The maximum absolute atomic E-state index is 12.6. The lowest BCUT2D eigenvalue weighted by Crippen LogP contribution is -2.28. The number of thioether (sulfide) groups is 1. The van der Waals surface area contributed by atoms with Crippen LogP contribution in [0.25, 0.3) is 6.08 Å². The summed E-state index contributed by atoms with van der Waals surface area (Å²) >= 11 is 0.873. The molecule has 0 aliphatic carbocycles. The van der Waals surface area contributed by atoms with Crippen LogP contribution >= 0.6 is 11.8 Å². The maximum atomic E-state index is 12.6. The van der Waals surface area contributed by atoms with Crippen molar-refractivity contribution in [3.8, 4) is 0 Å². The summed E-state index contributed by atoms with van der Waals surface area (Å²) in [5, 5.41) is 8.55. The van der Waals surface area contributed by atoms with E-state index in [0.29, 0.717) is 16.2 Å². The Labute approximate surface area is 142 Å². The minimum absolute atomic E-state index is 0.167. The van der Waals surface area contributed by atoms with E-state index in [9.17, 15) is 14.4 Å². The Morgan fingerprint density at radius 1 is 1.08 bits per heavy atom. The van der Waals surface area contributed by atoms with Gasteiger partial charge in [0.1, 0.15) is 0 Å². The van der Waals surface area contributed by atoms with Crippen LogP contribution in [0.1, 0.15) is 21.5 Å². The molecule has 6 heteroatoms. The van der Waals surface area contributed by atoms with Crippen LogP contribution in [0.3, 0.4) is 0 Å². The van der Waals surface area contributed by atoms with Gasteiger partial charge in [0.2, 0.25) is 0 Å². The molecule has 0 aromatic heterocycles. The van der Waals surface area contributed by atoms with Gasteiger partial charge in [0.25, 0.3) is 11.1 Å². The van der Waals surface area contributed by atoms with Gasteiger partial charge in [-0.25, -0.2) is 9.69 Å². The highest BCUT2D eigenvalue weighted by Crippen LogP contribution is 2.36. The molecule has 5 nitrogen and oxygen atoms in total. The van der Waals surface area contributed by atoms with E-state index < -0.39 is 5.97 Å². The van der Waals surface area contributed by atoms with E-state index in [1.165, 1.54) is 12.1 Å². The van der Waals surface area contributed by atoms with E-state index in [0.717, 1.165) is 22.2 Å². The number of anilines is 1. The van der Waals surface area contributed by atoms with Crippen LogP contribution in [0.15, 0.2) is 53.4 Å². The van der Waals surface area contributed by atoms with Gasteiger partial charge < -0.3 is 5.11 Å². The molecular weight excluding hydrogens is 326 g/mol. The van der Waals surface area contributed by atoms with Crippen molar-refractivity contribution in [1.82, 2.24) is 0 Å². The van der Waals surface area contributed by atoms with Crippen molar-refractivity contribution in [2.24, 2.45) is 0 Å². The number of carboxylic acids is 1. The van der Waals surface area contributed by atoms with E-state index in [-0.39, 0.29) is 16.7 Å². The van der Waals surface area contributed by atoms with Crippen molar-refractivity contribution in [1.29, 1.82) is 0 Å². The van der Waals surface area contributed by atoms with E-state index in [1.54, 1.807) is 30.3 Å². The van der Waals surface area contributed by atoms with E-state index in [4.69, 9.17) is 5.11 Å². The molecule has 1 aliphatic rings. The minimum atomic E-state index is -1.01. The first kappa shape index (κ1) is 16.0. The largest absolute Gasteiger partial charge is 0.478 e. The van der Waals surface area contributed by atoms with E-state index in [1.807, 2.05) is 19.1 Å². The van der Waals surface area contributed by atoms with Crippen molar-refractivity contribution in [2.75, 3.05) is 4.90 Å². The number of carbonyl (C=O) groups is 3. The SMILES string of the molecule is Cc1ccccc1N1C(=O)S/C(=C\c2ccc(C(=O)O)cc2)C1=O. The van der Waals surface area contributed by atoms with Crippen LogP contribution in [0.4, 0.5) is 10.5 Å². The first-order chi connectivity index (χ1) is 11.5. The fraction of sp³-hybridized carbons (Fsp3) is 0.0556. The molecule has 2 aromatic rings. The lowest BCUT2D eigenvalue weighted by Gasteiger charge is -2.14. The van der Waals surface area contributed by atoms with Gasteiger partial charge in [0.15, 0.2) is 0 Å². The fourth-order valence-electron chi connectivity index (χ4n) is 2.36.